The second-order valence-electron chi connectivity index (χ2n) is 12.9. The molecule has 0 aromatic heterocycles. The highest BCUT2D eigenvalue weighted by molar-refractivity contribution is 5.90. The van der Waals surface area contributed by atoms with Crippen molar-refractivity contribution < 1.29 is 0 Å². The monoisotopic (exact) mass is 589 g/mol. The van der Waals surface area contributed by atoms with Crippen LogP contribution in [0.25, 0.3) is 29.4 Å². The van der Waals surface area contributed by atoms with Crippen molar-refractivity contribution in [3.8, 4) is 0 Å². The summed E-state index contributed by atoms with van der Waals surface area (Å²) in [5.41, 5.74) is 18.9. The Bertz CT molecular complexity index is 2030. The fourth-order valence-electron chi connectivity index (χ4n) is 7.64. The summed E-state index contributed by atoms with van der Waals surface area (Å²) in [4.78, 5) is 2.52. The molecule has 9 rings (SSSR count). The van der Waals surface area contributed by atoms with E-state index in [0.29, 0.717) is 0 Å². The van der Waals surface area contributed by atoms with Crippen molar-refractivity contribution >= 4 is 40.7 Å². The fourth-order valence-corrected chi connectivity index (χ4v) is 7.64. The Hall–Kier alpha value is -5.40. The van der Waals surface area contributed by atoms with Gasteiger partial charge in [-0.2, -0.15) is 0 Å². The SMILES string of the molecule is C1=CC(N(c2ccc(C3=Cc4ccccc4C3)cc2)c2ccc(C3=Cc4ccccc4C3)cc2)CC=C1C1=Cc2ccccc2C1. The molecule has 4 aliphatic carbocycles. The van der Waals surface area contributed by atoms with Crippen molar-refractivity contribution in [3.05, 3.63) is 195 Å². The van der Waals surface area contributed by atoms with E-state index in [-0.39, 0.29) is 6.04 Å². The molecule has 4 aliphatic rings. The Labute approximate surface area is 271 Å². The molecule has 220 valence electrons. The average molecular weight is 590 g/mol. The van der Waals surface area contributed by atoms with Gasteiger partial charge >= 0.3 is 0 Å². The van der Waals surface area contributed by atoms with Crippen molar-refractivity contribution in [2.24, 2.45) is 0 Å². The number of hydrogen-bond donors (Lipinski definition) is 0. The van der Waals surface area contributed by atoms with Gasteiger partial charge in [0.05, 0.1) is 6.04 Å². The van der Waals surface area contributed by atoms with Crippen molar-refractivity contribution in [3.63, 3.8) is 0 Å². The molecule has 1 nitrogen and oxygen atoms in total. The second kappa shape index (κ2) is 11.2. The number of anilines is 2. The zero-order valence-electron chi connectivity index (χ0n) is 25.9. The van der Waals surface area contributed by atoms with Crippen molar-refractivity contribution in [1.82, 2.24) is 0 Å². The molecule has 0 aliphatic heterocycles. The van der Waals surface area contributed by atoms with Crippen LogP contribution in [0.5, 0.6) is 0 Å². The van der Waals surface area contributed by atoms with Crippen LogP contribution in [-0.4, -0.2) is 6.04 Å². The lowest BCUT2D eigenvalue weighted by molar-refractivity contribution is 0.780. The summed E-state index contributed by atoms with van der Waals surface area (Å²) in [7, 11) is 0. The van der Waals surface area contributed by atoms with Crippen molar-refractivity contribution in [2.75, 3.05) is 4.90 Å². The van der Waals surface area contributed by atoms with E-state index in [1.807, 2.05) is 0 Å². The largest absolute Gasteiger partial charge is 0.334 e. The van der Waals surface area contributed by atoms with Gasteiger partial charge in [-0.3, -0.25) is 0 Å². The Balaban J connectivity index is 1.01. The van der Waals surface area contributed by atoms with Crippen LogP contribution >= 0.6 is 0 Å². The van der Waals surface area contributed by atoms with Crippen LogP contribution in [0.4, 0.5) is 11.4 Å². The van der Waals surface area contributed by atoms with Crippen molar-refractivity contribution in [1.29, 1.82) is 0 Å². The zero-order valence-corrected chi connectivity index (χ0v) is 25.9. The molecule has 5 aromatic rings. The molecule has 0 N–H and O–H groups in total. The number of allylic oxidation sites excluding steroid dienone is 5. The molecule has 1 heteroatoms. The highest BCUT2D eigenvalue weighted by Crippen LogP contribution is 2.39. The third-order valence-corrected chi connectivity index (χ3v) is 10.1. The number of fused-ring (bicyclic) bond motifs is 3. The quantitative estimate of drug-likeness (QED) is 0.190. The van der Waals surface area contributed by atoms with Crippen LogP contribution in [0.2, 0.25) is 0 Å². The van der Waals surface area contributed by atoms with Gasteiger partial charge in [0.15, 0.2) is 0 Å². The minimum absolute atomic E-state index is 0.231. The van der Waals surface area contributed by atoms with E-state index in [2.05, 4.69) is 163 Å². The predicted molar refractivity (Wildman–Crippen MR) is 195 cm³/mol. The lowest BCUT2D eigenvalue weighted by Crippen LogP contribution is -2.30. The van der Waals surface area contributed by atoms with E-state index >= 15 is 0 Å². The molecular weight excluding hydrogens is 555 g/mol. The van der Waals surface area contributed by atoms with Gasteiger partial charge in [-0.25, -0.2) is 0 Å². The molecule has 0 heterocycles. The molecule has 0 spiro atoms. The van der Waals surface area contributed by atoms with Crippen LogP contribution in [0.15, 0.2) is 151 Å². The Morgan fingerprint density at radius 1 is 0.457 bits per heavy atom. The second-order valence-corrected chi connectivity index (χ2v) is 12.9. The van der Waals surface area contributed by atoms with Gasteiger partial charge < -0.3 is 4.90 Å². The first-order valence-electron chi connectivity index (χ1n) is 16.5. The average Bonchev–Trinajstić information content (AvgIpc) is 3.86. The van der Waals surface area contributed by atoms with Gasteiger partial charge in [-0.05, 0) is 117 Å². The lowest BCUT2D eigenvalue weighted by Gasteiger charge is -2.33. The van der Waals surface area contributed by atoms with Crippen molar-refractivity contribution in [2.45, 2.75) is 31.7 Å². The van der Waals surface area contributed by atoms with E-state index in [1.54, 1.807) is 0 Å². The Morgan fingerprint density at radius 3 is 1.33 bits per heavy atom. The fraction of sp³-hybridized carbons (Fsp3) is 0.111. The van der Waals surface area contributed by atoms with E-state index < -0.39 is 0 Å². The standard InChI is InChI=1S/C45H35N/c1-2-8-35-26-40(25-34(35)7-1)31-13-19-43(20-14-31)46(44-21-15-32(16-22-44)41-27-36-9-3-4-10-37(36)28-41)45-23-17-33(18-24-45)42-29-38-11-5-6-12-39(38)30-42/h1-23,25,27,29,45H,24,26,28,30H2. The van der Waals surface area contributed by atoms with Crippen LogP contribution in [-0.2, 0) is 19.3 Å². The molecule has 1 atom stereocenters. The molecule has 0 bridgehead atoms. The number of benzene rings is 5. The topological polar surface area (TPSA) is 3.24 Å². The molecule has 0 saturated carbocycles. The van der Waals surface area contributed by atoms with Gasteiger partial charge in [0.25, 0.3) is 0 Å². The van der Waals surface area contributed by atoms with Gasteiger partial charge in [0.2, 0.25) is 0 Å². The summed E-state index contributed by atoms with van der Waals surface area (Å²) in [6.07, 6.45) is 18.2. The zero-order chi connectivity index (χ0) is 30.5. The summed E-state index contributed by atoms with van der Waals surface area (Å²) in [6.45, 7) is 0. The summed E-state index contributed by atoms with van der Waals surface area (Å²) >= 11 is 0. The minimum Gasteiger partial charge on any atom is -0.334 e. The van der Waals surface area contributed by atoms with Crippen LogP contribution < -0.4 is 4.90 Å². The highest BCUT2D eigenvalue weighted by atomic mass is 15.2. The Morgan fingerprint density at radius 2 is 0.891 bits per heavy atom. The Kier molecular flexibility index (Phi) is 6.56. The van der Waals surface area contributed by atoms with E-state index in [4.69, 9.17) is 0 Å². The van der Waals surface area contributed by atoms with Gasteiger partial charge in [-0.1, -0.05) is 134 Å². The van der Waals surface area contributed by atoms with Crippen LogP contribution in [0.3, 0.4) is 0 Å². The van der Waals surface area contributed by atoms with Crippen LogP contribution in [0.1, 0.15) is 50.9 Å². The van der Waals surface area contributed by atoms with E-state index in [0.717, 1.165) is 25.7 Å². The van der Waals surface area contributed by atoms with Gasteiger partial charge in [0.1, 0.15) is 0 Å². The highest BCUT2D eigenvalue weighted by Gasteiger charge is 2.24. The van der Waals surface area contributed by atoms with Gasteiger partial charge in [0, 0.05) is 11.4 Å². The lowest BCUT2D eigenvalue weighted by atomic mass is 9.94. The maximum absolute atomic E-state index is 2.52. The molecule has 0 fully saturated rings. The maximum atomic E-state index is 2.52. The number of nitrogens with zero attached hydrogens (tertiary/aromatic N) is 1. The molecule has 46 heavy (non-hydrogen) atoms. The van der Waals surface area contributed by atoms with E-state index in [1.165, 1.54) is 78.2 Å². The van der Waals surface area contributed by atoms with E-state index in [9.17, 15) is 0 Å². The first-order valence-corrected chi connectivity index (χ1v) is 16.5. The number of rotatable bonds is 6. The summed E-state index contributed by atoms with van der Waals surface area (Å²) in [5, 5.41) is 0. The first kappa shape index (κ1) is 27.0. The number of hydrogen-bond acceptors (Lipinski definition) is 1. The molecular formula is C45H35N. The summed E-state index contributed by atoms with van der Waals surface area (Å²) in [5.74, 6) is 0. The first-order chi connectivity index (χ1) is 22.7. The molecule has 0 radical (unpaired) electrons. The van der Waals surface area contributed by atoms with Gasteiger partial charge in [-0.15, -0.1) is 0 Å². The molecule has 5 aromatic carbocycles. The predicted octanol–water partition coefficient (Wildman–Crippen LogP) is 10.9. The maximum Gasteiger partial charge on any atom is 0.0560 e. The third-order valence-electron chi connectivity index (χ3n) is 10.1. The smallest absolute Gasteiger partial charge is 0.0560 e. The van der Waals surface area contributed by atoms with Crippen LogP contribution in [0, 0.1) is 0 Å². The molecule has 0 amide bonds. The summed E-state index contributed by atoms with van der Waals surface area (Å²) in [6, 6.07) is 45.0. The minimum atomic E-state index is 0.231. The third kappa shape index (κ3) is 4.89. The normalized spacial score (nSPS) is 17.4. The molecule has 1 unspecified atom stereocenters. The summed E-state index contributed by atoms with van der Waals surface area (Å²) < 4.78 is 0. The molecule has 0 saturated heterocycles.